The van der Waals surface area contributed by atoms with Gasteiger partial charge in [-0.1, -0.05) is 55.0 Å². The van der Waals surface area contributed by atoms with Crippen molar-refractivity contribution >= 4 is 5.97 Å². The maximum atomic E-state index is 12.9. The Hall–Kier alpha value is -1.77. The van der Waals surface area contributed by atoms with E-state index < -0.39 is 18.3 Å². The lowest BCUT2D eigenvalue weighted by Gasteiger charge is -2.29. The molecule has 2 saturated heterocycles. The van der Waals surface area contributed by atoms with Crippen LogP contribution in [0.2, 0.25) is 0 Å². The summed E-state index contributed by atoms with van der Waals surface area (Å²) in [6.45, 7) is 9.15. The van der Waals surface area contributed by atoms with Gasteiger partial charge in [0, 0.05) is 20.0 Å². The van der Waals surface area contributed by atoms with Gasteiger partial charge in [-0.15, -0.1) is 0 Å². The van der Waals surface area contributed by atoms with E-state index in [1.54, 1.807) is 7.11 Å². The van der Waals surface area contributed by atoms with Crippen LogP contribution in [0.5, 0.6) is 0 Å². The number of ether oxygens (including phenoxy) is 5. The average molecular weight is 531 g/mol. The molecule has 4 heterocycles. The predicted molar refractivity (Wildman–Crippen MR) is 146 cm³/mol. The van der Waals surface area contributed by atoms with E-state index in [1.165, 1.54) is 5.57 Å². The fourth-order valence-corrected chi connectivity index (χ4v) is 5.89. The third-order valence-corrected chi connectivity index (χ3v) is 7.95. The van der Waals surface area contributed by atoms with Crippen LogP contribution in [0.4, 0.5) is 0 Å². The second-order valence-corrected chi connectivity index (χ2v) is 11.5. The van der Waals surface area contributed by atoms with Gasteiger partial charge in [0.15, 0.2) is 0 Å². The zero-order valence-electron chi connectivity index (χ0n) is 23.3. The summed E-state index contributed by atoms with van der Waals surface area (Å²) < 4.78 is 29.7. The molecule has 212 valence electrons. The highest BCUT2D eigenvalue weighted by Gasteiger charge is 2.47. The molecule has 7 nitrogen and oxygen atoms in total. The lowest BCUT2D eigenvalue weighted by Crippen LogP contribution is -2.34. The molecule has 4 rings (SSSR count). The van der Waals surface area contributed by atoms with Gasteiger partial charge in [-0.2, -0.15) is 0 Å². The van der Waals surface area contributed by atoms with Gasteiger partial charge in [-0.05, 0) is 57.8 Å². The van der Waals surface area contributed by atoms with Crippen LogP contribution in [-0.2, 0) is 28.5 Å². The average Bonchev–Trinajstić information content (AvgIpc) is 3.63. The molecular weight excluding hydrogens is 484 g/mol. The predicted octanol–water partition coefficient (Wildman–Crippen LogP) is 4.98. The first-order valence-corrected chi connectivity index (χ1v) is 14.3. The number of hydrogen-bond donors (Lipinski definition) is 1. The van der Waals surface area contributed by atoms with Crippen molar-refractivity contribution in [2.45, 2.75) is 120 Å². The molecule has 2 bridgehead atoms. The Morgan fingerprint density at radius 2 is 2.05 bits per heavy atom. The van der Waals surface area contributed by atoms with Gasteiger partial charge in [0.25, 0.3) is 0 Å². The van der Waals surface area contributed by atoms with Crippen LogP contribution in [0.15, 0.2) is 48.1 Å². The largest absolute Gasteiger partial charge is 0.459 e. The van der Waals surface area contributed by atoms with Crippen molar-refractivity contribution in [1.29, 1.82) is 0 Å². The zero-order valence-corrected chi connectivity index (χ0v) is 23.3. The number of aliphatic hydroxyl groups excluding tert-OH is 1. The summed E-state index contributed by atoms with van der Waals surface area (Å²) >= 11 is 0. The fraction of sp³-hybridized carbons (Fsp3) is 0.710. The molecule has 38 heavy (non-hydrogen) atoms. The van der Waals surface area contributed by atoms with Crippen molar-refractivity contribution in [1.82, 2.24) is 0 Å². The summed E-state index contributed by atoms with van der Waals surface area (Å²) in [5.41, 5.74) is 2.32. The molecule has 2 fully saturated rings. The van der Waals surface area contributed by atoms with Crippen LogP contribution in [0.25, 0.3) is 0 Å². The summed E-state index contributed by atoms with van der Waals surface area (Å²) in [7, 11) is 1.62. The first kappa shape index (κ1) is 29.2. The monoisotopic (exact) mass is 530 g/mol. The number of aliphatic hydroxyl groups is 1. The first-order valence-electron chi connectivity index (χ1n) is 14.3. The van der Waals surface area contributed by atoms with Crippen LogP contribution in [0.1, 0.15) is 71.6 Å². The number of carbonyl (C=O) groups is 1. The SMILES string of the molecule is C=C1C[C@H](C)C[C@@H]2CC=C[C@@H](CCCC(=O)O[C@H]([C@H](/C=C/[C@@H]3CC(C)=CCO3)OC)C[C@@H]3O[C@H]3[C@@H](O)C1)O2. The number of methoxy groups -OCH3 is 1. The van der Waals surface area contributed by atoms with Gasteiger partial charge in [0.2, 0.25) is 0 Å². The first-order chi connectivity index (χ1) is 18.3. The van der Waals surface area contributed by atoms with E-state index in [0.29, 0.717) is 38.2 Å². The van der Waals surface area contributed by atoms with Crippen LogP contribution < -0.4 is 0 Å². The van der Waals surface area contributed by atoms with Crippen molar-refractivity contribution in [3.05, 3.63) is 48.1 Å². The third-order valence-electron chi connectivity index (χ3n) is 7.95. The van der Waals surface area contributed by atoms with E-state index in [9.17, 15) is 9.90 Å². The summed E-state index contributed by atoms with van der Waals surface area (Å²) in [5, 5.41) is 10.8. The van der Waals surface area contributed by atoms with E-state index in [-0.39, 0.29) is 36.5 Å². The molecule has 0 spiro atoms. The second kappa shape index (κ2) is 14.0. The van der Waals surface area contributed by atoms with E-state index in [4.69, 9.17) is 23.7 Å². The maximum absolute atomic E-state index is 12.9. The summed E-state index contributed by atoms with van der Waals surface area (Å²) in [4.78, 5) is 12.9. The van der Waals surface area contributed by atoms with Crippen molar-refractivity contribution in [2.75, 3.05) is 13.7 Å². The molecular formula is C31H46O7. The smallest absolute Gasteiger partial charge is 0.306 e. The highest BCUT2D eigenvalue weighted by molar-refractivity contribution is 5.69. The summed E-state index contributed by atoms with van der Waals surface area (Å²) in [5.74, 6) is 0.165. The van der Waals surface area contributed by atoms with E-state index >= 15 is 0 Å². The number of cyclic esters (lactones) is 1. The lowest BCUT2D eigenvalue weighted by molar-refractivity contribution is -0.155. The molecule has 0 aromatic heterocycles. The Balaban J connectivity index is 1.44. The number of epoxide rings is 1. The van der Waals surface area contributed by atoms with Crippen LogP contribution in [0, 0.1) is 5.92 Å². The maximum Gasteiger partial charge on any atom is 0.306 e. The molecule has 0 unspecified atom stereocenters. The minimum atomic E-state index is -0.630. The van der Waals surface area contributed by atoms with Gasteiger partial charge in [0.05, 0.1) is 37.1 Å². The summed E-state index contributed by atoms with van der Waals surface area (Å²) in [6, 6.07) is 0. The molecule has 0 saturated carbocycles. The molecule has 0 aliphatic carbocycles. The molecule has 1 N–H and O–H groups in total. The van der Waals surface area contributed by atoms with Crippen molar-refractivity contribution in [2.24, 2.45) is 5.92 Å². The summed E-state index contributed by atoms with van der Waals surface area (Å²) in [6.07, 6.45) is 14.7. The molecule has 0 aromatic rings. The lowest BCUT2D eigenvalue weighted by atomic mass is 9.90. The van der Waals surface area contributed by atoms with Crippen LogP contribution in [-0.4, -0.2) is 73.6 Å². The highest BCUT2D eigenvalue weighted by atomic mass is 16.6. The molecule has 7 heteroatoms. The van der Waals surface area contributed by atoms with Gasteiger partial charge in [-0.3, -0.25) is 4.79 Å². The minimum Gasteiger partial charge on any atom is -0.459 e. The minimum absolute atomic E-state index is 0.0248. The number of rotatable bonds is 4. The quantitative estimate of drug-likeness (QED) is 0.312. The van der Waals surface area contributed by atoms with Gasteiger partial charge in [-0.25, -0.2) is 0 Å². The number of fused-ring (bicyclic) bond motifs is 3. The van der Waals surface area contributed by atoms with Gasteiger partial charge < -0.3 is 28.8 Å². The van der Waals surface area contributed by atoms with E-state index in [2.05, 4.69) is 38.7 Å². The molecule has 0 aromatic carbocycles. The Kier molecular flexibility index (Phi) is 10.8. The van der Waals surface area contributed by atoms with Crippen LogP contribution >= 0.6 is 0 Å². The topological polar surface area (TPSA) is 86.8 Å². The van der Waals surface area contributed by atoms with Crippen LogP contribution in [0.3, 0.4) is 0 Å². The second-order valence-electron chi connectivity index (χ2n) is 11.5. The molecule has 4 aliphatic heterocycles. The number of esters is 1. The van der Waals surface area contributed by atoms with Crippen molar-refractivity contribution < 1.29 is 33.6 Å². The van der Waals surface area contributed by atoms with E-state index in [0.717, 1.165) is 37.7 Å². The molecule has 0 radical (unpaired) electrons. The standard InChI is InChI=1S/C31H46O7/c1-20-13-14-35-24(16-20)11-12-27(34-4)28-19-29-31(38-29)26(32)18-22(3)15-21(2)17-25-9-5-7-23(36-25)8-6-10-30(33)37-28/h5,7,11-13,21,23-29,31-32H,3,6,8-10,14-19H2,1-2,4H3/b12-11+/t21-,23-,24+,25-,26-,27-,28-,29-,31-/m0/s1. The van der Waals surface area contributed by atoms with Gasteiger partial charge in [0.1, 0.15) is 18.3 Å². The zero-order chi connectivity index (χ0) is 27.1. The molecule has 0 amide bonds. The normalized spacial score (nSPS) is 38.5. The van der Waals surface area contributed by atoms with E-state index in [1.807, 2.05) is 12.2 Å². The fourth-order valence-electron chi connectivity index (χ4n) is 5.89. The Morgan fingerprint density at radius 3 is 2.84 bits per heavy atom. The van der Waals surface area contributed by atoms with Crippen molar-refractivity contribution in [3.8, 4) is 0 Å². The highest BCUT2D eigenvalue weighted by Crippen LogP contribution is 2.35. The molecule has 4 aliphatic rings. The third kappa shape index (κ3) is 8.88. The Labute approximate surface area is 227 Å². The molecule has 9 atom stereocenters. The Bertz CT molecular complexity index is 893. The number of hydrogen-bond acceptors (Lipinski definition) is 7. The Morgan fingerprint density at radius 1 is 1.21 bits per heavy atom. The number of carbonyl (C=O) groups excluding carboxylic acids is 1. The van der Waals surface area contributed by atoms with Gasteiger partial charge >= 0.3 is 5.97 Å². The van der Waals surface area contributed by atoms with Crippen molar-refractivity contribution in [3.63, 3.8) is 0 Å².